The Hall–Kier alpha value is -1.59. The standard InChI is InChI=1S/C69H134O6/c1-4-7-10-13-16-19-22-25-27-29-31-33-34-36-37-39-41-44-47-50-53-56-59-62-68(71)74-65-66(64-73-67(70)61-58-55-52-49-46-43-24-21-18-15-12-9-6-3)75-69(72)63-60-57-54-51-48-45-42-40-38-35-32-30-28-26-23-20-17-14-11-8-5-2/h66H,4-65H2,1-3H3. The van der Waals surface area contributed by atoms with E-state index in [4.69, 9.17) is 14.2 Å². The van der Waals surface area contributed by atoms with Crippen LogP contribution in [-0.2, 0) is 28.6 Å². The van der Waals surface area contributed by atoms with Crippen LogP contribution in [0.4, 0.5) is 0 Å². The van der Waals surface area contributed by atoms with Crippen LogP contribution in [0.2, 0.25) is 0 Å². The largest absolute Gasteiger partial charge is 0.462 e. The molecule has 446 valence electrons. The summed E-state index contributed by atoms with van der Waals surface area (Å²) in [5.74, 6) is -0.821. The molecule has 75 heavy (non-hydrogen) atoms. The average Bonchev–Trinajstić information content (AvgIpc) is 3.41. The van der Waals surface area contributed by atoms with E-state index >= 15 is 0 Å². The van der Waals surface area contributed by atoms with Crippen molar-refractivity contribution in [3.63, 3.8) is 0 Å². The van der Waals surface area contributed by atoms with Gasteiger partial charge in [0, 0.05) is 19.3 Å². The van der Waals surface area contributed by atoms with Gasteiger partial charge in [-0.25, -0.2) is 0 Å². The number of carbonyl (C=O) groups is 3. The third-order valence-electron chi connectivity index (χ3n) is 16.1. The highest BCUT2D eigenvalue weighted by Gasteiger charge is 2.19. The first-order valence-corrected chi connectivity index (χ1v) is 34.5. The van der Waals surface area contributed by atoms with E-state index in [0.29, 0.717) is 19.3 Å². The van der Waals surface area contributed by atoms with E-state index < -0.39 is 6.10 Å². The van der Waals surface area contributed by atoms with Crippen LogP contribution in [0.5, 0.6) is 0 Å². The van der Waals surface area contributed by atoms with Crippen molar-refractivity contribution in [2.45, 2.75) is 412 Å². The van der Waals surface area contributed by atoms with Crippen LogP contribution < -0.4 is 0 Å². The molecule has 6 heteroatoms. The fourth-order valence-electron chi connectivity index (χ4n) is 10.9. The molecular weight excluding hydrogens is 925 g/mol. The molecule has 0 aliphatic heterocycles. The van der Waals surface area contributed by atoms with Gasteiger partial charge in [-0.2, -0.15) is 0 Å². The summed E-state index contributed by atoms with van der Waals surface area (Å²) in [4.78, 5) is 38.4. The molecule has 1 unspecified atom stereocenters. The minimum absolute atomic E-state index is 0.0603. The second kappa shape index (κ2) is 64.9. The summed E-state index contributed by atoms with van der Waals surface area (Å²) in [5.41, 5.74) is 0. The van der Waals surface area contributed by atoms with E-state index in [1.165, 1.54) is 308 Å². The molecule has 0 bridgehead atoms. The Bertz CT molecular complexity index is 1120. The normalized spacial score (nSPS) is 11.9. The van der Waals surface area contributed by atoms with Crippen LogP contribution in [0, 0.1) is 0 Å². The van der Waals surface area contributed by atoms with Crippen LogP contribution in [-0.4, -0.2) is 37.2 Å². The van der Waals surface area contributed by atoms with Crippen molar-refractivity contribution in [3.05, 3.63) is 0 Å². The highest BCUT2D eigenvalue weighted by Crippen LogP contribution is 2.19. The minimum atomic E-state index is -0.763. The number of hydrogen-bond acceptors (Lipinski definition) is 6. The molecule has 0 spiro atoms. The molecule has 0 N–H and O–H groups in total. The van der Waals surface area contributed by atoms with E-state index in [0.717, 1.165) is 57.8 Å². The van der Waals surface area contributed by atoms with Crippen molar-refractivity contribution in [2.75, 3.05) is 13.2 Å². The van der Waals surface area contributed by atoms with Gasteiger partial charge in [0.2, 0.25) is 0 Å². The third-order valence-corrected chi connectivity index (χ3v) is 16.1. The molecular formula is C69H134O6. The summed E-state index contributed by atoms with van der Waals surface area (Å²) in [6.07, 6.45) is 75.6. The maximum absolute atomic E-state index is 12.9. The fourth-order valence-corrected chi connectivity index (χ4v) is 10.9. The Labute approximate surface area is 469 Å². The lowest BCUT2D eigenvalue weighted by Crippen LogP contribution is -2.30. The minimum Gasteiger partial charge on any atom is -0.462 e. The summed E-state index contributed by atoms with van der Waals surface area (Å²) in [7, 11) is 0. The molecule has 0 aliphatic rings. The molecule has 0 aliphatic carbocycles. The molecule has 6 nitrogen and oxygen atoms in total. The zero-order valence-corrected chi connectivity index (χ0v) is 51.4. The first-order valence-electron chi connectivity index (χ1n) is 34.5. The Morgan fingerprint density at radius 3 is 0.533 bits per heavy atom. The van der Waals surface area contributed by atoms with E-state index in [1.54, 1.807) is 0 Å². The molecule has 0 aromatic carbocycles. The first-order chi connectivity index (χ1) is 37.0. The topological polar surface area (TPSA) is 78.9 Å². The van der Waals surface area contributed by atoms with Gasteiger partial charge in [0.05, 0.1) is 0 Å². The number of carbonyl (C=O) groups excluding carboxylic acids is 3. The van der Waals surface area contributed by atoms with Crippen molar-refractivity contribution in [3.8, 4) is 0 Å². The van der Waals surface area contributed by atoms with Crippen LogP contribution >= 0.6 is 0 Å². The number of rotatable bonds is 65. The molecule has 0 saturated heterocycles. The zero-order chi connectivity index (χ0) is 54.3. The highest BCUT2D eigenvalue weighted by atomic mass is 16.6. The summed E-state index contributed by atoms with van der Waals surface area (Å²) in [6.45, 7) is 6.74. The predicted octanol–water partition coefficient (Wildman–Crippen LogP) is 23.5. The van der Waals surface area contributed by atoms with Gasteiger partial charge in [-0.15, -0.1) is 0 Å². The Balaban J connectivity index is 4.21. The Morgan fingerprint density at radius 2 is 0.360 bits per heavy atom. The lowest BCUT2D eigenvalue weighted by Gasteiger charge is -2.18. The first kappa shape index (κ1) is 73.4. The summed E-state index contributed by atoms with van der Waals surface area (Å²) < 4.78 is 17.0. The van der Waals surface area contributed by atoms with E-state index in [2.05, 4.69) is 20.8 Å². The maximum Gasteiger partial charge on any atom is 0.306 e. The molecule has 0 heterocycles. The fraction of sp³-hybridized carbons (Fsp3) is 0.957. The van der Waals surface area contributed by atoms with Gasteiger partial charge >= 0.3 is 17.9 Å². The highest BCUT2D eigenvalue weighted by molar-refractivity contribution is 5.71. The molecule has 0 aromatic heterocycles. The van der Waals surface area contributed by atoms with Crippen molar-refractivity contribution in [2.24, 2.45) is 0 Å². The number of esters is 3. The van der Waals surface area contributed by atoms with Crippen LogP contribution in [0.3, 0.4) is 0 Å². The lowest BCUT2D eigenvalue weighted by molar-refractivity contribution is -0.167. The number of hydrogen-bond donors (Lipinski definition) is 0. The molecule has 0 aromatic rings. The van der Waals surface area contributed by atoms with Gasteiger partial charge in [-0.1, -0.05) is 367 Å². The van der Waals surface area contributed by atoms with Gasteiger partial charge in [0.25, 0.3) is 0 Å². The lowest BCUT2D eigenvalue weighted by atomic mass is 10.0. The molecule has 0 radical (unpaired) electrons. The maximum atomic E-state index is 12.9. The summed E-state index contributed by atoms with van der Waals surface area (Å²) in [5, 5.41) is 0. The van der Waals surface area contributed by atoms with Crippen molar-refractivity contribution < 1.29 is 28.6 Å². The van der Waals surface area contributed by atoms with E-state index in [9.17, 15) is 14.4 Å². The second-order valence-electron chi connectivity index (χ2n) is 23.8. The quantitative estimate of drug-likeness (QED) is 0.0343. The van der Waals surface area contributed by atoms with Crippen molar-refractivity contribution >= 4 is 17.9 Å². The average molecular weight is 1060 g/mol. The summed E-state index contributed by atoms with van der Waals surface area (Å²) in [6, 6.07) is 0. The molecule has 0 fully saturated rings. The Kier molecular flexibility index (Phi) is 63.6. The van der Waals surface area contributed by atoms with Crippen LogP contribution in [0.25, 0.3) is 0 Å². The van der Waals surface area contributed by atoms with E-state index in [-0.39, 0.29) is 31.1 Å². The predicted molar refractivity (Wildman–Crippen MR) is 326 cm³/mol. The van der Waals surface area contributed by atoms with Gasteiger partial charge < -0.3 is 14.2 Å². The van der Waals surface area contributed by atoms with Gasteiger partial charge in [-0.05, 0) is 19.3 Å². The molecule has 0 amide bonds. The van der Waals surface area contributed by atoms with Gasteiger partial charge in [-0.3, -0.25) is 14.4 Å². The zero-order valence-electron chi connectivity index (χ0n) is 51.4. The molecule has 0 saturated carbocycles. The summed E-state index contributed by atoms with van der Waals surface area (Å²) >= 11 is 0. The SMILES string of the molecule is CCCCCCCCCCCCCCCCCCCCCCCCCC(=O)OCC(COC(=O)CCCCCCCCCCCCCCC)OC(=O)CCCCCCCCCCCCCCCCCCCCCCC. The molecule has 1 atom stereocenters. The second-order valence-corrected chi connectivity index (χ2v) is 23.8. The van der Waals surface area contributed by atoms with Crippen molar-refractivity contribution in [1.82, 2.24) is 0 Å². The van der Waals surface area contributed by atoms with Crippen LogP contribution in [0.15, 0.2) is 0 Å². The van der Waals surface area contributed by atoms with Gasteiger partial charge in [0.1, 0.15) is 13.2 Å². The molecule has 0 rings (SSSR count). The number of unbranched alkanes of at least 4 members (excludes halogenated alkanes) is 54. The van der Waals surface area contributed by atoms with Crippen molar-refractivity contribution in [1.29, 1.82) is 0 Å². The Morgan fingerprint density at radius 1 is 0.213 bits per heavy atom. The van der Waals surface area contributed by atoms with Crippen LogP contribution in [0.1, 0.15) is 406 Å². The monoisotopic (exact) mass is 1060 g/mol. The van der Waals surface area contributed by atoms with Gasteiger partial charge in [0.15, 0.2) is 6.10 Å². The third kappa shape index (κ3) is 63.1. The smallest absolute Gasteiger partial charge is 0.306 e. The van der Waals surface area contributed by atoms with E-state index in [1.807, 2.05) is 0 Å². The number of ether oxygens (including phenoxy) is 3.